The molecule has 1 aliphatic carbocycles. The number of hydrogen-bond donors (Lipinski definition) is 0. The zero-order valence-electron chi connectivity index (χ0n) is 13.3. The van der Waals surface area contributed by atoms with Gasteiger partial charge in [0, 0.05) is 12.1 Å². The van der Waals surface area contributed by atoms with Crippen LogP contribution in [-0.2, 0) is 6.18 Å². The Kier molecular flexibility index (Phi) is 8.28. The van der Waals surface area contributed by atoms with E-state index in [9.17, 15) is 13.2 Å². The zero-order valence-corrected chi connectivity index (χ0v) is 22.7. The van der Waals surface area contributed by atoms with Gasteiger partial charge in [-0.15, -0.1) is 0 Å². The zero-order chi connectivity index (χ0) is 20.7. The Bertz CT molecular complexity index is 814. The van der Waals surface area contributed by atoms with Crippen molar-refractivity contribution >= 4 is 103 Å². The lowest BCUT2D eigenvalue weighted by Gasteiger charge is -2.12. The molecule has 1 unspecified atom stereocenters. The molecule has 0 bridgehead atoms. The number of nitrogens with zero attached hydrogens (tertiary/aromatic N) is 2. The van der Waals surface area contributed by atoms with Crippen LogP contribution in [0.3, 0.4) is 0 Å². The average Bonchev–Trinajstić information content (AvgIpc) is 2.93. The van der Waals surface area contributed by atoms with E-state index in [1.54, 1.807) is 6.20 Å². The SMILES string of the molecule is BrC(Br)Br.Cc1nn(-c2c(Cl)cc(C(F)(F)F)cc2Cl)cc1C1CC1(Br)Br. The van der Waals surface area contributed by atoms with Crippen LogP contribution < -0.4 is 0 Å². The van der Waals surface area contributed by atoms with Crippen LogP contribution in [0.1, 0.15) is 29.2 Å². The lowest BCUT2D eigenvalue weighted by molar-refractivity contribution is -0.137. The predicted molar refractivity (Wildman–Crippen MR) is 122 cm³/mol. The van der Waals surface area contributed by atoms with Gasteiger partial charge in [0.25, 0.3) is 0 Å². The summed E-state index contributed by atoms with van der Waals surface area (Å²) in [5, 5.41) is 4.15. The van der Waals surface area contributed by atoms with Gasteiger partial charge >= 0.3 is 6.18 Å². The first-order valence-corrected chi connectivity index (χ1v) is 12.3. The van der Waals surface area contributed by atoms with Crippen LogP contribution in [0.2, 0.25) is 10.0 Å². The molecule has 1 aromatic heterocycles. The summed E-state index contributed by atoms with van der Waals surface area (Å²) < 4.78 is 40.0. The Morgan fingerprint density at radius 2 is 1.63 bits per heavy atom. The second-order valence-electron chi connectivity index (χ2n) is 5.67. The summed E-state index contributed by atoms with van der Waals surface area (Å²) in [7, 11) is 0. The van der Waals surface area contributed by atoms with Gasteiger partial charge in [0.1, 0.15) is 8.33 Å². The van der Waals surface area contributed by atoms with E-state index in [0.29, 0.717) is 0 Å². The van der Waals surface area contributed by atoms with Crippen molar-refractivity contribution in [3.05, 3.63) is 45.2 Å². The molecule has 1 heterocycles. The van der Waals surface area contributed by atoms with Gasteiger partial charge in [-0.3, -0.25) is 0 Å². The van der Waals surface area contributed by atoms with E-state index in [1.165, 1.54) is 4.68 Å². The highest BCUT2D eigenvalue weighted by Crippen LogP contribution is 2.62. The van der Waals surface area contributed by atoms with Crippen LogP contribution in [-0.4, -0.2) is 15.7 Å². The molecular weight excluding hydrogens is 736 g/mol. The van der Waals surface area contributed by atoms with E-state index in [1.807, 2.05) is 6.92 Å². The fraction of sp³-hybridized carbons (Fsp3) is 0.400. The quantitative estimate of drug-likeness (QED) is 0.281. The molecule has 0 saturated heterocycles. The van der Waals surface area contributed by atoms with Crippen LogP contribution in [0.4, 0.5) is 13.2 Å². The Hall–Kier alpha value is 1.20. The Balaban J connectivity index is 0.000000596. The summed E-state index contributed by atoms with van der Waals surface area (Å²) in [6.45, 7) is 1.84. The lowest BCUT2D eigenvalue weighted by atomic mass is 10.2. The van der Waals surface area contributed by atoms with Crippen LogP contribution >= 0.6 is 103 Å². The van der Waals surface area contributed by atoms with Crippen LogP contribution in [0.25, 0.3) is 5.69 Å². The van der Waals surface area contributed by atoms with Gasteiger partial charge in [-0.05, 0) is 31.0 Å². The van der Waals surface area contributed by atoms with E-state index in [2.05, 4.69) is 84.7 Å². The number of aryl methyl sites for hydroxylation is 1. The Morgan fingerprint density at radius 3 is 2.00 bits per heavy atom. The summed E-state index contributed by atoms with van der Waals surface area (Å²) in [4.78, 5) is 0. The molecule has 0 spiro atoms. The second kappa shape index (κ2) is 9.14. The maximum Gasteiger partial charge on any atom is 0.416 e. The second-order valence-corrected chi connectivity index (χ2v) is 16.8. The average molecular weight is 746 g/mol. The molecule has 0 aliphatic heterocycles. The molecule has 12 heteroatoms. The summed E-state index contributed by atoms with van der Waals surface area (Å²) in [6, 6.07) is 1.71. The van der Waals surface area contributed by atoms with Crippen molar-refractivity contribution in [3.8, 4) is 5.69 Å². The van der Waals surface area contributed by atoms with E-state index in [-0.39, 0.29) is 27.5 Å². The highest BCUT2D eigenvalue weighted by atomic mass is 80.0. The third-order valence-electron chi connectivity index (χ3n) is 3.71. The summed E-state index contributed by atoms with van der Waals surface area (Å²) in [5.74, 6) is 0.239. The summed E-state index contributed by atoms with van der Waals surface area (Å²) in [6.07, 6.45) is -1.85. The van der Waals surface area contributed by atoms with Crippen molar-refractivity contribution in [2.45, 2.75) is 31.3 Å². The smallest absolute Gasteiger partial charge is 0.237 e. The lowest BCUT2D eigenvalue weighted by Crippen LogP contribution is -2.07. The molecule has 0 N–H and O–H groups in total. The molecule has 2 aromatic rings. The van der Waals surface area contributed by atoms with Gasteiger partial charge in [-0.25, -0.2) is 4.68 Å². The van der Waals surface area contributed by atoms with Crippen molar-refractivity contribution in [2.24, 2.45) is 0 Å². The highest BCUT2D eigenvalue weighted by Gasteiger charge is 2.52. The number of benzene rings is 1. The van der Waals surface area contributed by atoms with Crippen LogP contribution in [0, 0.1) is 6.92 Å². The first-order valence-electron chi connectivity index (χ1n) is 7.17. The monoisotopic (exact) mass is 740 g/mol. The molecule has 150 valence electrons. The van der Waals surface area contributed by atoms with Gasteiger partial charge in [0.15, 0.2) is 0 Å². The molecule has 27 heavy (non-hydrogen) atoms. The maximum atomic E-state index is 12.8. The highest BCUT2D eigenvalue weighted by molar-refractivity contribution is 9.38. The van der Waals surface area contributed by atoms with Crippen molar-refractivity contribution in [1.29, 1.82) is 0 Å². The molecule has 0 amide bonds. The van der Waals surface area contributed by atoms with Gasteiger partial charge in [-0.1, -0.05) is 103 Å². The minimum Gasteiger partial charge on any atom is -0.237 e. The number of hydrogen-bond acceptors (Lipinski definition) is 1. The molecule has 1 saturated carbocycles. The third kappa shape index (κ3) is 6.34. The maximum absolute atomic E-state index is 12.8. The topological polar surface area (TPSA) is 17.8 Å². The summed E-state index contributed by atoms with van der Waals surface area (Å²) >= 11 is 28.5. The van der Waals surface area contributed by atoms with Crippen LogP contribution in [0.15, 0.2) is 18.3 Å². The van der Waals surface area contributed by atoms with Crippen molar-refractivity contribution in [1.82, 2.24) is 9.78 Å². The number of halogens is 10. The largest absolute Gasteiger partial charge is 0.416 e. The molecule has 1 aliphatic rings. The Morgan fingerprint density at radius 1 is 1.19 bits per heavy atom. The first-order chi connectivity index (χ1) is 12.2. The predicted octanol–water partition coefficient (Wildman–Crippen LogP) is 8.93. The van der Waals surface area contributed by atoms with Gasteiger partial charge < -0.3 is 0 Å². The van der Waals surface area contributed by atoms with Gasteiger partial charge in [0.05, 0.1) is 24.5 Å². The van der Waals surface area contributed by atoms with Crippen molar-refractivity contribution in [3.63, 3.8) is 0 Å². The molecule has 2 nitrogen and oxygen atoms in total. The first kappa shape index (κ1) is 24.5. The number of alkyl halides is 8. The van der Waals surface area contributed by atoms with E-state index < -0.39 is 11.7 Å². The fourth-order valence-corrected chi connectivity index (χ4v) is 4.23. The van der Waals surface area contributed by atoms with Gasteiger partial charge in [0.2, 0.25) is 0 Å². The van der Waals surface area contributed by atoms with Gasteiger partial charge in [-0.2, -0.15) is 18.3 Å². The van der Waals surface area contributed by atoms with Crippen molar-refractivity contribution in [2.75, 3.05) is 0 Å². The standard InChI is InChI=1S/C14H9Br2Cl2F3N2.CHBr3/c1-6-8(9-4-13(9,15)16)5-23(22-6)12-10(17)2-7(3-11(12)18)14(19,20)21;2-1(3)4/h2-3,5,9H,4H2,1H3;1H. The number of aromatic nitrogens is 2. The Labute approximate surface area is 206 Å². The molecule has 3 rings (SSSR count). The van der Waals surface area contributed by atoms with E-state index >= 15 is 0 Å². The minimum atomic E-state index is -4.50. The summed E-state index contributed by atoms with van der Waals surface area (Å²) in [5.41, 5.74) is 1.13. The van der Waals surface area contributed by atoms with Crippen LogP contribution in [0.5, 0.6) is 0 Å². The molecule has 1 aromatic carbocycles. The minimum absolute atomic E-state index is 0.0985. The third-order valence-corrected chi connectivity index (χ3v) is 6.04. The normalized spacial score (nSPS) is 18.3. The van der Waals surface area contributed by atoms with E-state index in [0.717, 1.165) is 29.8 Å². The molecular formula is C15H10Br5Cl2F3N2. The molecule has 1 atom stereocenters. The molecule has 0 radical (unpaired) electrons. The fourth-order valence-electron chi connectivity index (χ4n) is 2.43. The molecule has 1 fully saturated rings. The number of rotatable bonds is 2. The van der Waals surface area contributed by atoms with E-state index in [4.69, 9.17) is 23.2 Å². The van der Waals surface area contributed by atoms with Crippen molar-refractivity contribution < 1.29 is 13.2 Å².